The van der Waals surface area contributed by atoms with E-state index in [0.29, 0.717) is 23.4 Å². The Hall–Kier alpha value is -4.74. The number of hydrogen-bond donors (Lipinski definition) is 2. The number of halogens is 4. The van der Waals surface area contributed by atoms with Gasteiger partial charge in [0.15, 0.2) is 11.5 Å². The summed E-state index contributed by atoms with van der Waals surface area (Å²) in [5, 5.41) is 0. The minimum atomic E-state index is -4.74. The Morgan fingerprint density at radius 1 is 0.974 bits per heavy atom. The number of carbonyl (C=O) groups is 2. The molecule has 0 unspecified atom stereocenters. The molecule has 4 N–H and O–H groups in total. The van der Waals surface area contributed by atoms with Gasteiger partial charge in [0.2, 0.25) is 0 Å². The number of methoxy groups -OCH3 is 1. The molecule has 12 heteroatoms. The van der Waals surface area contributed by atoms with Crippen LogP contribution in [0.1, 0.15) is 21.5 Å². The topological polar surface area (TPSA) is 123 Å². The Balaban J connectivity index is 1.54. The van der Waals surface area contributed by atoms with Crippen LogP contribution in [0.2, 0.25) is 0 Å². The first-order chi connectivity index (χ1) is 18.5. The average Bonchev–Trinajstić information content (AvgIpc) is 2.89. The summed E-state index contributed by atoms with van der Waals surface area (Å²) in [4.78, 5) is 24.4. The fourth-order valence-electron chi connectivity index (χ4n) is 3.20. The second-order valence-corrected chi connectivity index (χ2v) is 8.00. The summed E-state index contributed by atoms with van der Waals surface area (Å²) in [7, 11) is 1.09. The summed E-state index contributed by atoms with van der Waals surface area (Å²) in [5.41, 5.74) is 13.9. The fourth-order valence-corrected chi connectivity index (χ4v) is 3.20. The molecule has 0 heterocycles. The van der Waals surface area contributed by atoms with Crippen LogP contribution in [0.3, 0.4) is 0 Å². The summed E-state index contributed by atoms with van der Waals surface area (Å²) in [6.07, 6.45) is -5.63. The van der Waals surface area contributed by atoms with E-state index in [2.05, 4.69) is 4.74 Å². The number of nitrogen functional groups attached to an aromatic ring is 2. The smallest absolute Gasteiger partial charge is 0.461 e. The van der Waals surface area contributed by atoms with Crippen LogP contribution in [0.15, 0.2) is 66.7 Å². The van der Waals surface area contributed by atoms with Gasteiger partial charge in [-0.1, -0.05) is 18.2 Å². The third-order valence-electron chi connectivity index (χ3n) is 5.19. The van der Waals surface area contributed by atoms with Crippen molar-refractivity contribution in [1.82, 2.24) is 0 Å². The highest BCUT2D eigenvalue weighted by atomic mass is 19.3. The third-order valence-corrected chi connectivity index (χ3v) is 5.19. The molecule has 0 aromatic heterocycles. The van der Waals surface area contributed by atoms with Crippen LogP contribution in [0.25, 0.3) is 6.08 Å². The largest absolute Gasteiger partial charge is 0.493 e. The minimum Gasteiger partial charge on any atom is -0.493 e. The quantitative estimate of drug-likeness (QED) is 0.111. The summed E-state index contributed by atoms with van der Waals surface area (Å²) in [6.45, 7) is 0.124. The molecule has 0 spiro atoms. The summed E-state index contributed by atoms with van der Waals surface area (Å²) < 4.78 is 70.5. The first kappa shape index (κ1) is 28.8. The van der Waals surface area contributed by atoms with Gasteiger partial charge < -0.3 is 30.4 Å². The lowest BCUT2D eigenvalue weighted by molar-refractivity contribution is -0.253. The molecule has 206 valence electrons. The second kappa shape index (κ2) is 12.7. The molecule has 0 fully saturated rings. The number of alkyl halides is 4. The molecule has 0 saturated carbocycles. The standard InChI is InChI=1S/C27H24F4N2O6/c1-36-23-14-18(6-10-22(23)39-27(30,31)26(28)29)25(35)38-20-8-2-16(3-9-20)4-11-24(34)37-13-12-17-5-7-19(32)15-21(17)33/h2-11,14-15,26H,12-13,32-33H2,1H3/b11-4+. The van der Waals surface area contributed by atoms with Gasteiger partial charge in [0.25, 0.3) is 0 Å². The van der Waals surface area contributed by atoms with Crippen molar-refractivity contribution in [3.05, 3.63) is 83.4 Å². The van der Waals surface area contributed by atoms with Crippen LogP contribution in [-0.4, -0.2) is 38.2 Å². The highest BCUT2D eigenvalue weighted by Gasteiger charge is 2.44. The predicted octanol–water partition coefficient (Wildman–Crippen LogP) is 5.11. The van der Waals surface area contributed by atoms with Gasteiger partial charge in [-0.25, -0.2) is 9.59 Å². The lowest BCUT2D eigenvalue weighted by atomic mass is 10.1. The van der Waals surface area contributed by atoms with E-state index in [9.17, 15) is 27.2 Å². The molecule has 0 aliphatic rings. The Bertz CT molecular complexity index is 1350. The number of benzene rings is 3. The maximum absolute atomic E-state index is 13.2. The summed E-state index contributed by atoms with van der Waals surface area (Å²) in [6, 6.07) is 14.1. The SMILES string of the molecule is COc1cc(C(=O)Oc2ccc(/C=C/C(=O)OCCc3ccc(N)cc3N)cc2)ccc1OC(F)(F)C(F)F. The van der Waals surface area contributed by atoms with E-state index in [0.717, 1.165) is 30.9 Å². The van der Waals surface area contributed by atoms with Crippen molar-refractivity contribution >= 4 is 29.4 Å². The van der Waals surface area contributed by atoms with E-state index in [-0.39, 0.29) is 23.7 Å². The number of carbonyl (C=O) groups excluding carboxylic acids is 2. The van der Waals surface area contributed by atoms with E-state index in [1.54, 1.807) is 30.3 Å². The van der Waals surface area contributed by atoms with Gasteiger partial charge in [-0.3, -0.25) is 0 Å². The highest BCUT2D eigenvalue weighted by Crippen LogP contribution is 2.35. The van der Waals surface area contributed by atoms with Crippen molar-refractivity contribution in [1.29, 1.82) is 0 Å². The van der Waals surface area contributed by atoms with Crippen LogP contribution in [0.4, 0.5) is 28.9 Å². The molecule has 3 rings (SSSR count). The molecule has 8 nitrogen and oxygen atoms in total. The van der Waals surface area contributed by atoms with E-state index in [1.807, 2.05) is 0 Å². The molecular formula is C27H24F4N2O6. The van der Waals surface area contributed by atoms with Crippen LogP contribution >= 0.6 is 0 Å². The number of esters is 2. The molecule has 0 saturated heterocycles. The van der Waals surface area contributed by atoms with Crippen molar-refractivity contribution in [3.8, 4) is 17.2 Å². The maximum atomic E-state index is 13.2. The molecule has 0 amide bonds. The van der Waals surface area contributed by atoms with Crippen molar-refractivity contribution in [3.63, 3.8) is 0 Å². The zero-order valence-electron chi connectivity index (χ0n) is 20.5. The normalized spacial score (nSPS) is 11.4. The molecule has 0 radical (unpaired) electrons. The van der Waals surface area contributed by atoms with E-state index >= 15 is 0 Å². The Labute approximate surface area is 220 Å². The van der Waals surface area contributed by atoms with Crippen molar-refractivity contribution in [2.24, 2.45) is 0 Å². The lowest BCUT2D eigenvalue weighted by Crippen LogP contribution is -2.33. The van der Waals surface area contributed by atoms with Crippen LogP contribution in [0.5, 0.6) is 17.2 Å². The van der Waals surface area contributed by atoms with Gasteiger partial charge in [-0.15, -0.1) is 0 Å². The molecule has 0 atom stereocenters. The van der Waals surface area contributed by atoms with Crippen molar-refractivity contribution < 1.29 is 46.1 Å². The van der Waals surface area contributed by atoms with Gasteiger partial charge in [0.05, 0.1) is 19.3 Å². The number of rotatable bonds is 11. The van der Waals surface area contributed by atoms with Gasteiger partial charge in [-0.05, 0) is 59.7 Å². The van der Waals surface area contributed by atoms with Gasteiger partial charge >= 0.3 is 24.5 Å². The number of ether oxygens (including phenoxy) is 4. The first-order valence-corrected chi connectivity index (χ1v) is 11.3. The minimum absolute atomic E-state index is 0.105. The molecular weight excluding hydrogens is 524 g/mol. The van der Waals surface area contributed by atoms with Crippen molar-refractivity contribution in [2.45, 2.75) is 19.0 Å². The van der Waals surface area contributed by atoms with Crippen molar-refractivity contribution in [2.75, 3.05) is 25.2 Å². The number of hydrogen-bond acceptors (Lipinski definition) is 8. The van der Waals surface area contributed by atoms with E-state index in [4.69, 9.17) is 25.7 Å². The lowest BCUT2D eigenvalue weighted by Gasteiger charge is -2.18. The monoisotopic (exact) mass is 548 g/mol. The van der Waals surface area contributed by atoms with E-state index < -0.39 is 30.2 Å². The first-order valence-electron chi connectivity index (χ1n) is 11.3. The Morgan fingerprint density at radius 2 is 1.69 bits per heavy atom. The van der Waals surface area contributed by atoms with Crippen LogP contribution in [0, 0.1) is 0 Å². The predicted molar refractivity (Wildman–Crippen MR) is 135 cm³/mol. The third kappa shape index (κ3) is 8.12. The molecule has 0 aliphatic heterocycles. The summed E-state index contributed by atoms with van der Waals surface area (Å²) >= 11 is 0. The summed E-state index contributed by atoms with van der Waals surface area (Å²) in [5.74, 6) is -2.33. The van der Waals surface area contributed by atoms with Crippen LogP contribution in [-0.2, 0) is 16.0 Å². The highest BCUT2D eigenvalue weighted by molar-refractivity contribution is 5.92. The molecule has 0 bridgehead atoms. The molecule has 39 heavy (non-hydrogen) atoms. The van der Waals surface area contributed by atoms with Gasteiger partial charge in [0.1, 0.15) is 5.75 Å². The Kier molecular flexibility index (Phi) is 9.37. The zero-order valence-corrected chi connectivity index (χ0v) is 20.5. The zero-order chi connectivity index (χ0) is 28.6. The maximum Gasteiger partial charge on any atom is 0.461 e. The Morgan fingerprint density at radius 3 is 2.33 bits per heavy atom. The second-order valence-electron chi connectivity index (χ2n) is 8.00. The van der Waals surface area contributed by atoms with Gasteiger partial charge in [0, 0.05) is 23.9 Å². The molecule has 3 aromatic rings. The number of nitrogens with two attached hydrogens (primary N) is 2. The average molecular weight is 548 g/mol. The van der Waals surface area contributed by atoms with Gasteiger partial charge in [-0.2, -0.15) is 17.6 Å². The van der Waals surface area contributed by atoms with E-state index in [1.165, 1.54) is 24.3 Å². The van der Waals surface area contributed by atoms with Crippen LogP contribution < -0.4 is 25.7 Å². The molecule has 3 aromatic carbocycles. The fraction of sp³-hybridized carbons (Fsp3) is 0.185. The number of anilines is 2. The molecule has 0 aliphatic carbocycles.